The molecule has 0 aliphatic carbocycles. The van der Waals surface area contributed by atoms with Crippen molar-refractivity contribution >= 4 is 11.8 Å². The molecule has 0 saturated carbocycles. The normalized spacial score (nSPS) is 21.3. The quantitative estimate of drug-likeness (QED) is 0.833. The van der Waals surface area contributed by atoms with E-state index in [-0.39, 0.29) is 24.2 Å². The average Bonchev–Trinajstić information content (AvgIpc) is 2.87. The number of hydrogen-bond acceptors (Lipinski definition) is 3. The van der Waals surface area contributed by atoms with Crippen LogP contribution in [0.5, 0.6) is 0 Å². The highest BCUT2D eigenvalue weighted by Gasteiger charge is 2.34. The van der Waals surface area contributed by atoms with Crippen LogP contribution < -0.4 is 5.32 Å². The number of amides is 2. The number of benzene rings is 1. The van der Waals surface area contributed by atoms with E-state index < -0.39 is 6.10 Å². The molecule has 2 atom stereocenters. The van der Waals surface area contributed by atoms with Crippen molar-refractivity contribution in [2.24, 2.45) is 5.92 Å². The van der Waals surface area contributed by atoms with Gasteiger partial charge < -0.3 is 15.3 Å². The van der Waals surface area contributed by atoms with Crippen LogP contribution in [-0.2, 0) is 16.0 Å². The van der Waals surface area contributed by atoms with Crippen LogP contribution in [0.3, 0.4) is 0 Å². The summed E-state index contributed by atoms with van der Waals surface area (Å²) in [4.78, 5) is 25.2. The van der Waals surface area contributed by atoms with E-state index in [0.29, 0.717) is 25.9 Å². The highest BCUT2D eigenvalue weighted by Crippen LogP contribution is 2.21. The molecule has 21 heavy (non-hydrogen) atoms. The van der Waals surface area contributed by atoms with Gasteiger partial charge in [-0.25, -0.2) is 0 Å². The number of β-amino-alcohol motifs (C(OH)–C–C–N with tert-alkyl or cyclic N) is 1. The number of hydrogen-bond donors (Lipinski definition) is 2. The van der Waals surface area contributed by atoms with Crippen LogP contribution in [0.1, 0.15) is 18.4 Å². The summed E-state index contributed by atoms with van der Waals surface area (Å²) in [6, 6.07) is 9.87. The van der Waals surface area contributed by atoms with Gasteiger partial charge in [0.05, 0.1) is 6.10 Å². The molecule has 1 aromatic carbocycles. The summed E-state index contributed by atoms with van der Waals surface area (Å²) in [7, 11) is 1.58. The zero-order valence-electron chi connectivity index (χ0n) is 12.3. The van der Waals surface area contributed by atoms with Gasteiger partial charge in [0.15, 0.2) is 0 Å². The highest BCUT2D eigenvalue weighted by molar-refractivity contribution is 5.78. The predicted octanol–water partition coefficient (Wildman–Crippen LogP) is 0.575. The zero-order chi connectivity index (χ0) is 15.2. The molecule has 1 heterocycles. The summed E-state index contributed by atoms with van der Waals surface area (Å²) in [5.41, 5.74) is 1.13. The molecule has 1 fully saturated rings. The van der Waals surface area contributed by atoms with Gasteiger partial charge in [-0.1, -0.05) is 30.3 Å². The maximum Gasteiger partial charge on any atom is 0.223 e. The second-order valence-electron chi connectivity index (χ2n) is 5.49. The maximum atomic E-state index is 12.2. The number of rotatable bonds is 5. The lowest BCUT2D eigenvalue weighted by Crippen LogP contribution is -2.30. The van der Waals surface area contributed by atoms with Crippen LogP contribution in [0.4, 0.5) is 0 Å². The molecule has 2 amide bonds. The molecular weight excluding hydrogens is 268 g/mol. The van der Waals surface area contributed by atoms with Crippen molar-refractivity contribution in [3.8, 4) is 0 Å². The molecule has 114 valence electrons. The number of aliphatic hydroxyl groups is 1. The molecular formula is C16H22N2O3. The number of carbonyl (C=O) groups excluding carboxylic acids is 2. The Morgan fingerprint density at radius 1 is 1.29 bits per heavy atom. The van der Waals surface area contributed by atoms with Gasteiger partial charge in [-0.2, -0.15) is 0 Å². The summed E-state index contributed by atoms with van der Waals surface area (Å²) in [5, 5.41) is 12.5. The lowest BCUT2D eigenvalue weighted by Gasteiger charge is -2.16. The monoisotopic (exact) mass is 290 g/mol. The number of carbonyl (C=O) groups is 2. The lowest BCUT2D eigenvalue weighted by molar-refractivity contribution is -0.130. The Labute approximate surface area is 125 Å². The zero-order valence-corrected chi connectivity index (χ0v) is 12.3. The molecule has 1 saturated heterocycles. The summed E-state index contributed by atoms with van der Waals surface area (Å²) in [5.74, 6) is -0.222. The molecule has 2 N–H and O–H groups in total. The number of aliphatic hydroxyl groups excluding tert-OH is 1. The first kappa shape index (κ1) is 15.5. The number of likely N-dealkylation sites (tertiary alicyclic amines) is 1. The van der Waals surface area contributed by atoms with Crippen LogP contribution in [0, 0.1) is 5.92 Å². The Morgan fingerprint density at radius 3 is 2.67 bits per heavy atom. The van der Waals surface area contributed by atoms with Gasteiger partial charge in [0.2, 0.25) is 11.8 Å². The molecule has 0 spiro atoms. The largest absolute Gasteiger partial charge is 0.391 e. The van der Waals surface area contributed by atoms with E-state index in [0.717, 1.165) is 5.56 Å². The Balaban J connectivity index is 1.82. The van der Waals surface area contributed by atoms with Crippen LogP contribution in [0.25, 0.3) is 0 Å². The number of aryl methyl sites for hydroxylation is 1. The topological polar surface area (TPSA) is 69.6 Å². The van der Waals surface area contributed by atoms with E-state index in [2.05, 4.69) is 5.32 Å². The Bertz CT molecular complexity index is 490. The first-order valence-corrected chi connectivity index (χ1v) is 7.30. The minimum atomic E-state index is -0.608. The Kier molecular flexibility index (Phi) is 5.33. The lowest BCUT2D eigenvalue weighted by atomic mass is 10.0. The minimum absolute atomic E-state index is 0.0392. The third kappa shape index (κ3) is 4.29. The molecule has 0 aromatic heterocycles. The van der Waals surface area contributed by atoms with Crippen LogP contribution >= 0.6 is 0 Å². The van der Waals surface area contributed by atoms with Crippen molar-refractivity contribution in [1.29, 1.82) is 0 Å². The van der Waals surface area contributed by atoms with Gasteiger partial charge in [0.1, 0.15) is 0 Å². The summed E-state index contributed by atoms with van der Waals surface area (Å²) < 4.78 is 0. The molecule has 0 bridgehead atoms. The van der Waals surface area contributed by atoms with Crippen molar-refractivity contribution in [2.75, 3.05) is 20.1 Å². The van der Waals surface area contributed by atoms with E-state index in [1.807, 2.05) is 30.3 Å². The van der Waals surface area contributed by atoms with Crippen molar-refractivity contribution in [3.05, 3.63) is 35.9 Å². The molecule has 5 nitrogen and oxygen atoms in total. The second kappa shape index (κ2) is 7.22. The first-order valence-electron chi connectivity index (χ1n) is 7.30. The fraction of sp³-hybridized carbons (Fsp3) is 0.500. The third-order valence-corrected chi connectivity index (χ3v) is 3.96. The standard InChI is InChI=1S/C16H22N2O3/c1-17-15(20)9-13-10-18(11-14(13)19)16(21)8-7-12-5-3-2-4-6-12/h2-6,13-14,19H,7-11H2,1H3,(H,17,20)/t13-,14+/m1/s1. The SMILES string of the molecule is CNC(=O)C[C@@H]1CN(C(=O)CCc2ccccc2)C[C@@H]1O. The van der Waals surface area contributed by atoms with Crippen molar-refractivity contribution in [2.45, 2.75) is 25.4 Å². The third-order valence-electron chi connectivity index (χ3n) is 3.96. The van der Waals surface area contributed by atoms with Crippen molar-refractivity contribution in [3.63, 3.8) is 0 Å². The van der Waals surface area contributed by atoms with E-state index in [1.54, 1.807) is 11.9 Å². The smallest absolute Gasteiger partial charge is 0.223 e. The Hall–Kier alpha value is -1.88. The number of nitrogens with zero attached hydrogens (tertiary/aromatic N) is 1. The number of nitrogens with one attached hydrogen (secondary N) is 1. The van der Waals surface area contributed by atoms with Gasteiger partial charge in [-0.05, 0) is 12.0 Å². The predicted molar refractivity (Wildman–Crippen MR) is 79.5 cm³/mol. The fourth-order valence-corrected chi connectivity index (χ4v) is 2.65. The fourth-order valence-electron chi connectivity index (χ4n) is 2.65. The average molecular weight is 290 g/mol. The van der Waals surface area contributed by atoms with Crippen molar-refractivity contribution < 1.29 is 14.7 Å². The molecule has 1 aliphatic heterocycles. The minimum Gasteiger partial charge on any atom is -0.391 e. The van der Waals surface area contributed by atoms with E-state index in [4.69, 9.17) is 0 Å². The van der Waals surface area contributed by atoms with Gasteiger partial charge in [-0.15, -0.1) is 0 Å². The molecule has 5 heteroatoms. The molecule has 1 aromatic rings. The Morgan fingerprint density at radius 2 is 2.00 bits per heavy atom. The van der Waals surface area contributed by atoms with Gasteiger partial charge in [0, 0.05) is 38.9 Å². The molecule has 2 rings (SSSR count). The van der Waals surface area contributed by atoms with Crippen molar-refractivity contribution in [1.82, 2.24) is 10.2 Å². The van der Waals surface area contributed by atoms with Gasteiger partial charge in [0.25, 0.3) is 0 Å². The summed E-state index contributed by atoms with van der Waals surface area (Å²) in [6.45, 7) is 0.789. The summed E-state index contributed by atoms with van der Waals surface area (Å²) >= 11 is 0. The molecule has 0 unspecified atom stereocenters. The van der Waals surface area contributed by atoms with Gasteiger partial charge in [-0.3, -0.25) is 9.59 Å². The highest BCUT2D eigenvalue weighted by atomic mass is 16.3. The van der Waals surface area contributed by atoms with Crippen LogP contribution in [0.2, 0.25) is 0 Å². The van der Waals surface area contributed by atoms with Crippen LogP contribution in [0.15, 0.2) is 30.3 Å². The second-order valence-corrected chi connectivity index (χ2v) is 5.49. The van der Waals surface area contributed by atoms with Crippen LogP contribution in [-0.4, -0.2) is 48.1 Å². The van der Waals surface area contributed by atoms with E-state index in [1.165, 1.54) is 0 Å². The maximum absolute atomic E-state index is 12.2. The molecule has 1 aliphatic rings. The first-order chi connectivity index (χ1) is 10.1. The van der Waals surface area contributed by atoms with E-state index in [9.17, 15) is 14.7 Å². The van der Waals surface area contributed by atoms with Gasteiger partial charge >= 0.3 is 0 Å². The summed E-state index contributed by atoms with van der Waals surface area (Å²) in [6.07, 6.45) is 0.790. The molecule has 0 radical (unpaired) electrons. The van der Waals surface area contributed by atoms with E-state index >= 15 is 0 Å².